The normalized spacial score (nSPS) is 20.5. The Morgan fingerprint density at radius 1 is 0.785 bits per heavy atom. The van der Waals surface area contributed by atoms with Crippen molar-refractivity contribution in [3.05, 3.63) is 82.9 Å². The molecule has 5 saturated heterocycles. The van der Waals surface area contributed by atoms with Gasteiger partial charge in [-0.25, -0.2) is 18.4 Å². The van der Waals surface area contributed by atoms with Crippen LogP contribution in [0.4, 0.5) is 29.9 Å². The number of aromatic nitrogens is 2. The van der Waals surface area contributed by atoms with Crippen molar-refractivity contribution in [3.63, 3.8) is 0 Å². The number of ether oxygens (including phenoxy) is 4. The van der Waals surface area contributed by atoms with Gasteiger partial charge in [0.15, 0.2) is 12.6 Å². The van der Waals surface area contributed by atoms with Crippen LogP contribution < -0.4 is 24.6 Å². The van der Waals surface area contributed by atoms with Gasteiger partial charge in [0, 0.05) is 119 Å². The number of fused-ring (bicyclic) bond motifs is 4. The topological polar surface area (TPSA) is 162 Å². The van der Waals surface area contributed by atoms with E-state index in [1.807, 2.05) is 61.8 Å². The lowest BCUT2D eigenvalue weighted by atomic mass is 9.65. The molecule has 500 valence electrons. The SMILES string of the molecule is COCOc1cc(-c2ccc3c(N4CC5CCC(C4)N5C(=O)OC(C)(C)C)nc(OC[C@H](C)CN4CCN(CC5CCC6(CC5)CCN(C(=O)c5ccc(C)c(N7CCC(=O)NC7=O)c5)CC6)CC4)nc3c2F)c2c(C#C[Si](C(C)C)(C(C)C)C(C)C)c(F)ccc2c1. The Morgan fingerprint density at radius 3 is 2.11 bits per heavy atom. The quantitative estimate of drug-likeness (QED) is 0.0532. The summed E-state index contributed by atoms with van der Waals surface area (Å²) in [7, 11) is -0.805. The van der Waals surface area contributed by atoms with Gasteiger partial charge >= 0.3 is 18.1 Å². The van der Waals surface area contributed by atoms with E-state index in [1.165, 1.54) is 38.9 Å². The first-order chi connectivity index (χ1) is 44.3. The molecule has 3 atom stereocenters. The molecule has 1 spiro atoms. The van der Waals surface area contributed by atoms with Crippen LogP contribution in [0.2, 0.25) is 16.6 Å². The van der Waals surface area contributed by atoms with Crippen LogP contribution in [0.1, 0.15) is 149 Å². The molecule has 6 heterocycles. The fourth-order valence-electron chi connectivity index (χ4n) is 16.3. The second-order valence-electron chi connectivity index (χ2n) is 29.5. The van der Waals surface area contributed by atoms with Gasteiger partial charge in [0.1, 0.15) is 36.6 Å². The summed E-state index contributed by atoms with van der Waals surface area (Å²) >= 11 is 0. The molecule has 1 N–H and O–H groups in total. The monoisotopic (exact) mass is 1290 g/mol. The van der Waals surface area contributed by atoms with Crippen LogP contribution in [-0.2, 0) is 14.3 Å². The summed E-state index contributed by atoms with van der Waals surface area (Å²) in [5, 5.41) is 4.01. The number of halogens is 2. The summed E-state index contributed by atoms with van der Waals surface area (Å²) < 4.78 is 58.8. The number of amides is 5. The summed E-state index contributed by atoms with van der Waals surface area (Å²) in [4.78, 5) is 74.7. The smallest absolute Gasteiger partial charge is 0.410 e. The van der Waals surface area contributed by atoms with Crippen molar-refractivity contribution >= 4 is 65.2 Å². The van der Waals surface area contributed by atoms with Crippen LogP contribution in [0, 0.1) is 47.3 Å². The lowest BCUT2D eigenvalue weighted by Crippen LogP contribution is -2.57. The molecule has 1 saturated carbocycles. The first-order valence-electron chi connectivity index (χ1n) is 34.1. The molecule has 11 rings (SSSR count). The Kier molecular flexibility index (Phi) is 20.2. The van der Waals surface area contributed by atoms with Gasteiger partial charge in [0.05, 0.1) is 24.3 Å². The molecule has 6 fully saturated rings. The lowest BCUT2D eigenvalue weighted by Gasteiger charge is -2.47. The molecule has 1 aromatic heterocycles. The van der Waals surface area contributed by atoms with Crippen molar-refractivity contribution < 1.29 is 46.9 Å². The van der Waals surface area contributed by atoms with E-state index in [-0.39, 0.29) is 77.2 Å². The number of rotatable bonds is 17. The van der Waals surface area contributed by atoms with Crippen molar-refractivity contribution in [2.75, 3.05) is 102 Å². The number of imide groups is 1. The first-order valence-corrected chi connectivity index (χ1v) is 36.3. The average molecular weight is 1290 g/mol. The molecule has 17 nitrogen and oxygen atoms in total. The fraction of sp³-hybridized carbons (Fsp3) is 0.589. The van der Waals surface area contributed by atoms with Crippen LogP contribution in [-0.4, -0.2) is 172 Å². The van der Waals surface area contributed by atoms with Gasteiger partial charge in [-0.2, -0.15) is 9.97 Å². The standard InChI is InChI=1S/C73H97F2N9O8Si/c1-46(2)93(47(3)4,48(5)6)36-24-58-61(74)20-15-52-37-56(91-45-89-12)39-60(64(52)58)57-18-19-59-66(65(57)75)77-69(78-67(59)82-42-54-16-17-55(43-82)84(54)71(88)92-72(9,10)11)90-44-49(7)40-79-32-34-80(35-33-79)41-51-21-25-73(26-22-51)27-30-81(31-28-73)68(86)53-14-13-50(8)62(38-53)83-29-23-63(85)76-70(83)87/h13-15,18-20,37-39,46-49,51,54-55H,16-17,21-23,25-35,40-45H2,1-12H3,(H,76,85,87)/t49-,54?,55?/m1/s1. The molecule has 93 heavy (non-hydrogen) atoms. The Morgan fingerprint density at radius 2 is 1.46 bits per heavy atom. The number of carbonyl (C=O) groups excluding carboxylic acids is 4. The van der Waals surface area contributed by atoms with E-state index in [4.69, 9.17) is 28.9 Å². The molecule has 5 amide bonds. The molecule has 4 aromatic carbocycles. The highest BCUT2D eigenvalue weighted by atomic mass is 28.3. The minimum absolute atomic E-state index is 0.00820. The third-order valence-corrected chi connectivity index (χ3v) is 27.5. The van der Waals surface area contributed by atoms with Gasteiger partial charge < -0.3 is 38.5 Å². The highest BCUT2D eigenvalue weighted by Crippen LogP contribution is 2.48. The molecule has 2 bridgehead atoms. The number of anilines is 2. The van der Waals surface area contributed by atoms with Crippen molar-refractivity contribution in [1.82, 2.24) is 34.9 Å². The number of carbonyl (C=O) groups is 4. The molecule has 20 heteroatoms. The van der Waals surface area contributed by atoms with Gasteiger partial charge in [-0.3, -0.25) is 24.7 Å². The zero-order valence-corrected chi connectivity index (χ0v) is 57.9. The van der Waals surface area contributed by atoms with E-state index in [2.05, 4.69) is 79.9 Å². The molecule has 0 radical (unpaired) electrons. The van der Waals surface area contributed by atoms with Crippen molar-refractivity contribution in [3.8, 4) is 34.4 Å². The van der Waals surface area contributed by atoms with E-state index in [9.17, 15) is 19.2 Å². The van der Waals surface area contributed by atoms with Crippen molar-refractivity contribution in [2.45, 2.75) is 168 Å². The molecule has 5 aliphatic heterocycles. The van der Waals surface area contributed by atoms with Crippen molar-refractivity contribution in [2.24, 2.45) is 17.3 Å². The number of nitrogens with one attached hydrogen (secondary N) is 1. The number of likely N-dealkylation sites (tertiary alicyclic amines) is 1. The number of hydrogen-bond donors (Lipinski definition) is 1. The Balaban J connectivity index is 0.771. The van der Waals surface area contributed by atoms with Crippen LogP contribution in [0.25, 0.3) is 32.8 Å². The summed E-state index contributed by atoms with van der Waals surface area (Å²) in [6.45, 7) is 31.7. The lowest BCUT2D eigenvalue weighted by molar-refractivity contribution is -0.120. The number of piperazine rings is 2. The molecule has 1 aliphatic carbocycles. The Bertz CT molecular complexity index is 3640. The highest BCUT2D eigenvalue weighted by molar-refractivity contribution is 6.90. The van der Waals surface area contributed by atoms with Crippen LogP contribution >= 0.6 is 0 Å². The summed E-state index contributed by atoms with van der Waals surface area (Å²) in [6, 6.07) is 15.1. The summed E-state index contributed by atoms with van der Waals surface area (Å²) in [5.41, 5.74) is 7.27. The predicted molar refractivity (Wildman–Crippen MR) is 364 cm³/mol. The predicted octanol–water partition coefficient (Wildman–Crippen LogP) is 13.4. The maximum absolute atomic E-state index is 18.3. The minimum atomic E-state index is -2.34. The number of piperidine rings is 1. The molecule has 2 unspecified atom stereocenters. The number of benzene rings is 4. The van der Waals surface area contributed by atoms with Gasteiger partial charge in [-0.05, 0) is 160 Å². The third-order valence-electron chi connectivity index (χ3n) is 21.2. The molecular formula is C73H97F2N9O8Si. The summed E-state index contributed by atoms with van der Waals surface area (Å²) in [5.74, 6) is 3.69. The largest absolute Gasteiger partial charge is 0.468 e. The highest BCUT2D eigenvalue weighted by Gasteiger charge is 2.46. The van der Waals surface area contributed by atoms with E-state index in [1.54, 1.807) is 29.2 Å². The van der Waals surface area contributed by atoms with E-state index in [0.29, 0.717) is 93.3 Å². The summed E-state index contributed by atoms with van der Waals surface area (Å²) in [6.07, 6.45) is 8.24. The number of aryl methyl sites for hydroxylation is 1. The number of nitrogens with zero attached hydrogens (tertiary/aromatic N) is 8. The molecule has 6 aliphatic rings. The van der Waals surface area contributed by atoms with Gasteiger partial charge in [-0.15, -0.1) is 5.54 Å². The van der Waals surface area contributed by atoms with Crippen molar-refractivity contribution in [1.29, 1.82) is 0 Å². The zero-order valence-electron chi connectivity index (χ0n) is 56.9. The minimum Gasteiger partial charge on any atom is -0.468 e. The van der Waals surface area contributed by atoms with E-state index >= 15 is 8.78 Å². The Hall–Kier alpha value is -6.92. The second-order valence-corrected chi connectivity index (χ2v) is 35.1. The third kappa shape index (κ3) is 14.4. The molecule has 5 aromatic rings. The number of urea groups is 1. The van der Waals surface area contributed by atoms with Gasteiger partial charge in [0.2, 0.25) is 5.91 Å². The van der Waals surface area contributed by atoms with Gasteiger partial charge in [-0.1, -0.05) is 72.6 Å². The molecular weight excluding hydrogens is 1200 g/mol. The second kappa shape index (κ2) is 27.8. The van der Waals surface area contributed by atoms with E-state index < -0.39 is 31.3 Å². The number of hydrogen-bond acceptors (Lipinski definition) is 13. The van der Waals surface area contributed by atoms with Gasteiger partial charge in [0.25, 0.3) is 5.91 Å². The van der Waals surface area contributed by atoms with E-state index in [0.717, 1.165) is 83.6 Å². The Labute approximate surface area is 549 Å². The first kappa shape index (κ1) is 67.5. The maximum Gasteiger partial charge on any atom is 0.410 e. The average Bonchev–Trinajstić information content (AvgIpc) is 1.43. The van der Waals surface area contributed by atoms with Crippen LogP contribution in [0.3, 0.4) is 0 Å². The number of methoxy groups -OCH3 is 1. The fourth-order valence-corrected chi connectivity index (χ4v) is 21.5. The maximum atomic E-state index is 18.3. The zero-order chi connectivity index (χ0) is 66.3. The van der Waals surface area contributed by atoms with Crippen LogP contribution in [0.15, 0.2) is 54.6 Å². The van der Waals surface area contributed by atoms with Crippen LogP contribution in [0.5, 0.6) is 11.8 Å².